The van der Waals surface area contributed by atoms with Crippen LogP contribution in [-0.2, 0) is 24.1 Å². The SMILES string of the molecule is O=S(=O)(O)O[C@@H]1CO[C@@H](c2ccccc2)O[C@H]1N1C[C@H](O)[C@@H](O)[C@H]1CO. The Morgan fingerprint density at radius 2 is 1.92 bits per heavy atom. The number of rotatable bonds is 5. The maximum absolute atomic E-state index is 11.1. The van der Waals surface area contributed by atoms with E-state index in [1.54, 1.807) is 24.3 Å². The zero-order valence-electron chi connectivity index (χ0n) is 13.7. The highest BCUT2D eigenvalue weighted by atomic mass is 32.3. The fourth-order valence-electron chi connectivity index (χ4n) is 3.24. The van der Waals surface area contributed by atoms with E-state index in [0.717, 1.165) is 0 Å². The van der Waals surface area contributed by atoms with Gasteiger partial charge in [-0.25, -0.2) is 4.18 Å². The highest BCUT2D eigenvalue weighted by Gasteiger charge is 2.49. The molecule has 2 aliphatic rings. The normalized spacial score (nSPS) is 36.3. The summed E-state index contributed by atoms with van der Waals surface area (Å²) < 4.78 is 47.3. The van der Waals surface area contributed by atoms with Crippen molar-refractivity contribution in [2.24, 2.45) is 0 Å². The third-order valence-corrected chi connectivity index (χ3v) is 4.93. The number of likely N-dealkylation sites (tertiary alicyclic amines) is 1. The lowest BCUT2D eigenvalue weighted by Crippen LogP contribution is -2.56. The summed E-state index contributed by atoms with van der Waals surface area (Å²) in [7, 11) is -4.79. The second kappa shape index (κ2) is 7.84. The third kappa shape index (κ3) is 4.22. The molecule has 6 atom stereocenters. The Hall–Kier alpha value is -1.15. The van der Waals surface area contributed by atoms with E-state index in [9.17, 15) is 23.7 Å². The molecule has 3 rings (SSSR count). The van der Waals surface area contributed by atoms with Crippen LogP contribution >= 0.6 is 0 Å². The first-order valence-electron chi connectivity index (χ1n) is 8.00. The van der Waals surface area contributed by atoms with Gasteiger partial charge in [-0.2, -0.15) is 8.42 Å². The Kier molecular flexibility index (Phi) is 5.91. The summed E-state index contributed by atoms with van der Waals surface area (Å²) in [5, 5.41) is 29.5. The van der Waals surface area contributed by atoms with Gasteiger partial charge < -0.3 is 24.8 Å². The van der Waals surface area contributed by atoms with E-state index in [1.165, 1.54) is 4.90 Å². The van der Waals surface area contributed by atoms with Crippen molar-refractivity contribution < 1.29 is 41.9 Å². The molecule has 146 valence electrons. The molecule has 0 radical (unpaired) electrons. The van der Waals surface area contributed by atoms with E-state index in [-0.39, 0.29) is 13.2 Å². The molecule has 0 spiro atoms. The quantitative estimate of drug-likeness (QED) is 0.444. The van der Waals surface area contributed by atoms with Crippen molar-refractivity contribution in [3.63, 3.8) is 0 Å². The number of hydrogen-bond acceptors (Lipinski definition) is 9. The zero-order chi connectivity index (χ0) is 18.9. The van der Waals surface area contributed by atoms with Crippen LogP contribution in [0.5, 0.6) is 0 Å². The molecule has 0 saturated carbocycles. The van der Waals surface area contributed by atoms with Crippen molar-refractivity contribution in [1.82, 2.24) is 4.90 Å². The standard InChI is InChI=1S/C15H21NO9S/c17-7-10-13(19)11(18)6-16(10)14-12(25-26(20,21)22)8-23-15(24-14)9-4-2-1-3-5-9/h1-5,10-15,17-19H,6-8H2,(H,20,21,22)/t10-,11+,12-,13+,14-,15-/m1/s1. The van der Waals surface area contributed by atoms with E-state index in [4.69, 9.17) is 14.0 Å². The number of β-amino-alcohol motifs (C(OH)–C–C–N with tert-alkyl or cyclic N) is 1. The predicted molar refractivity (Wildman–Crippen MR) is 86.0 cm³/mol. The van der Waals surface area contributed by atoms with Gasteiger partial charge in [-0.15, -0.1) is 0 Å². The average molecular weight is 391 g/mol. The third-order valence-electron chi connectivity index (χ3n) is 4.44. The van der Waals surface area contributed by atoms with E-state index in [2.05, 4.69) is 4.18 Å². The number of benzene rings is 1. The lowest BCUT2D eigenvalue weighted by Gasteiger charge is -2.41. The van der Waals surface area contributed by atoms with E-state index < -0.39 is 53.9 Å². The largest absolute Gasteiger partial charge is 0.397 e. The second-order valence-electron chi connectivity index (χ2n) is 6.17. The lowest BCUT2D eigenvalue weighted by atomic mass is 10.1. The molecule has 0 amide bonds. The van der Waals surface area contributed by atoms with Gasteiger partial charge in [0.15, 0.2) is 6.29 Å². The molecule has 0 aliphatic carbocycles. The van der Waals surface area contributed by atoms with E-state index in [1.807, 2.05) is 6.07 Å². The minimum absolute atomic E-state index is 0.0795. The van der Waals surface area contributed by atoms with Crippen LogP contribution in [0.3, 0.4) is 0 Å². The molecule has 11 heteroatoms. The van der Waals surface area contributed by atoms with Crippen LogP contribution in [0.4, 0.5) is 0 Å². The van der Waals surface area contributed by atoms with Crippen LogP contribution < -0.4 is 0 Å². The summed E-state index contributed by atoms with van der Waals surface area (Å²) >= 11 is 0. The van der Waals surface area contributed by atoms with E-state index >= 15 is 0 Å². The molecule has 0 aromatic heterocycles. The molecule has 10 nitrogen and oxygen atoms in total. The smallest absolute Gasteiger partial charge is 0.395 e. The molecule has 2 aliphatic heterocycles. The van der Waals surface area contributed by atoms with Gasteiger partial charge in [-0.1, -0.05) is 30.3 Å². The predicted octanol–water partition coefficient (Wildman–Crippen LogP) is -1.36. The molecule has 2 saturated heterocycles. The zero-order valence-corrected chi connectivity index (χ0v) is 14.5. The molecular weight excluding hydrogens is 370 g/mol. The van der Waals surface area contributed by atoms with Crippen molar-refractivity contribution in [2.75, 3.05) is 19.8 Å². The molecule has 2 heterocycles. The first-order chi connectivity index (χ1) is 12.3. The van der Waals surface area contributed by atoms with Crippen LogP contribution in [0.1, 0.15) is 11.9 Å². The minimum atomic E-state index is -4.79. The molecule has 26 heavy (non-hydrogen) atoms. The summed E-state index contributed by atoms with van der Waals surface area (Å²) in [6.45, 7) is -0.803. The van der Waals surface area contributed by atoms with Gasteiger partial charge in [0.1, 0.15) is 12.3 Å². The van der Waals surface area contributed by atoms with Crippen LogP contribution in [0.2, 0.25) is 0 Å². The average Bonchev–Trinajstić information content (AvgIpc) is 2.89. The number of ether oxygens (including phenoxy) is 2. The first kappa shape index (κ1) is 19.6. The van der Waals surface area contributed by atoms with Crippen molar-refractivity contribution >= 4 is 10.4 Å². The lowest BCUT2D eigenvalue weighted by molar-refractivity contribution is -0.291. The molecule has 0 bridgehead atoms. The van der Waals surface area contributed by atoms with Crippen molar-refractivity contribution in [1.29, 1.82) is 0 Å². The summed E-state index contributed by atoms with van der Waals surface area (Å²) in [5.41, 5.74) is 0.670. The Morgan fingerprint density at radius 3 is 2.54 bits per heavy atom. The number of aliphatic hydroxyl groups excluding tert-OH is 3. The maximum atomic E-state index is 11.1. The number of aliphatic hydroxyl groups is 3. The van der Waals surface area contributed by atoms with Crippen LogP contribution in [0, 0.1) is 0 Å². The van der Waals surface area contributed by atoms with Gasteiger partial charge >= 0.3 is 10.4 Å². The van der Waals surface area contributed by atoms with Crippen molar-refractivity contribution in [3.8, 4) is 0 Å². The molecule has 2 fully saturated rings. The molecular formula is C15H21NO9S. The summed E-state index contributed by atoms with van der Waals surface area (Å²) in [6.07, 6.45) is -5.60. The monoisotopic (exact) mass is 391 g/mol. The van der Waals surface area contributed by atoms with Gasteiger partial charge in [-0.3, -0.25) is 9.45 Å². The Labute approximate surface area is 150 Å². The fourth-order valence-corrected chi connectivity index (χ4v) is 3.71. The van der Waals surface area contributed by atoms with Gasteiger partial charge in [0, 0.05) is 12.1 Å². The Bertz CT molecular complexity index is 700. The van der Waals surface area contributed by atoms with Crippen molar-refractivity contribution in [3.05, 3.63) is 35.9 Å². The summed E-state index contributed by atoms with van der Waals surface area (Å²) in [4.78, 5) is 1.41. The molecule has 4 N–H and O–H groups in total. The number of hydrogen-bond donors (Lipinski definition) is 4. The Morgan fingerprint density at radius 1 is 1.23 bits per heavy atom. The maximum Gasteiger partial charge on any atom is 0.397 e. The molecule has 1 aromatic rings. The van der Waals surface area contributed by atoms with Crippen LogP contribution in [0.15, 0.2) is 30.3 Å². The highest BCUT2D eigenvalue weighted by Crippen LogP contribution is 2.33. The topological polar surface area (TPSA) is 146 Å². The highest BCUT2D eigenvalue weighted by molar-refractivity contribution is 7.80. The van der Waals surface area contributed by atoms with E-state index in [0.29, 0.717) is 5.56 Å². The van der Waals surface area contributed by atoms with Gasteiger partial charge in [0.05, 0.1) is 31.5 Å². The van der Waals surface area contributed by atoms with Gasteiger partial charge in [0.25, 0.3) is 0 Å². The minimum Gasteiger partial charge on any atom is -0.395 e. The summed E-state index contributed by atoms with van der Waals surface area (Å²) in [5.74, 6) is 0. The summed E-state index contributed by atoms with van der Waals surface area (Å²) in [6, 6.07) is 7.97. The fraction of sp³-hybridized carbons (Fsp3) is 0.600. The van der Waals surface area contributed by atoms with Gasteiger partial charge in [-0.05, 0) is 0 Å². The second-order valence-corrected chi connectivity index (χ2v) is 7.22. The molecule has 0 unspecified atom stereocenters. The Balaban J connectivity index is 1.86. The van der Waals surface area contributed by atoms with Gasteiger partial charge in [0.2, 0.25) is 0 Å². The molecule has 1 aromatic carbocycles. The number of nitrogens with zero attached hydrogens (tertiary/aromatic N) is 1. The first-order valence-corrected chi connectivity index (χ1v) is 9.37. The van der Waals surface area contributed by atoms with Crippen molar-refractivity contribution in [2.45, 2.75) is 36.9 Å². The van der Waals surface area contributed by atoms with Crippen LogP contribution in [-0.4, -0.2) is 83.5 Å². The van der Waals surface area contributed by atoms with Crippen LogP contribution in [0.25, 0.3) is 0 Å².